The van der Waals surface area contributed by atoms with Crippen molar-refractivity contribution >= 4 is 44.3 Å². The van der Waals surface area contributed by atoms with Crippen molar-refractivity contribution in [2.24, 2.45) is 0 Å². The second kappa shape index (κ2) is 4.75. The maximum atomic E-state index is 11.3. The Labute approximate surface area is 103 Å². The van der Waals surface area contributed by atoms with Crippen molar-refractivity contribution in [2.45, 2.75) is 0 Å². The molecule has 0 radical (unpaired) electrons. The van der Waals surface area contributed by atoms with Crippen molar-refractivity contribution in [2.75, 3.05) is 5.33 Å². The third-order valence-electron chi connectivity index (χ3n) is 1.63. The van der Waals surface area contributed by atoms with Gasteiger partial charge in [0.25, 0.3) is 0 Å². The van der Waals surface area contributed by atoms with Crippen molar-refractivity contribution in [3.8, 4) is 11.8 Å². The molecule has 0 unspecified atom stereocenters. The number of hydrogen-bond donors (Lipinski definition) is 1. The fraction of sp³-hybridized carbons (Fsp3) is 0.111. The Kier molecular flexibility index (Phi) is 3.89. The number of rotatable bonds is 2. The van der Waals surface area contributed by atoms with Crippen LogP contribution in [0.15, 0.2) is 12.1 Å². The Bertz CT molecular complexity index is 426. The molecule has 0 aliphatic carbocycles. The van der Waals surface area contributed by atoms with Gasteiger partial charge >= 0.3 is 0 Å². The van der Waals surface area contributed by atoms with Crippen molar-refractivity contribution in [1.82, 2.24) is 0 Å². The predicted molar refractivity (Wildman–Crippen MR) is 63.7 cm³/mol. The molecule has 1 aromatic carbocycles. The first-order chi connectivity index (χ1) is 6.60. The third kappa shape index (κ3) is 2.25. The molecule has 0 saturated carbocycles. The van der Waals surface area contributed by atoms with E-state index in [1.54, 1.807) is 0 Å². The van der Waals surface area contributed by atoms with Gasteiger partial charge < -0.3 is 5.11 Å². The van der Waals surface area contributed by atoms with Crippen LogP contribution in [-0.2, 0) is 0 Å². The third-order valence-corrected chi connectivity index (χ3v) is 3.03. The Morgan fingerprint density at radius 2 is 2.29 bits per heavy atom. The van der Waals surface area contributed by atoms with Crippen LogP contribution in [0.3, 0.4) is 0 Å². The van der Waals surface area contributed by atoms with Gasteiger partial charge in [0.05, 0.1) is 16.5 Å². The molecule has 0 fully saturated rings. The highest BCUT2D eigenvalue weighted by Crippen LogP contribution is 2.24. The number of carbonyl (C=O) groups is 1. The number of Topliss-reactive ketones (excluding diaryl/α,β-unsaturated/α-hetero) is 1. The molecule has 0 spiro atoms. The summed E-state index contributed by atoms with van der Waals surface area (Å²) >= 11 is 4.97. The fourth-order valence-corrected chi connectivity index (χ4v) is 1.83. The lowest BCUT2D eigenvalue weighted by Gasteiger charge is -2.03. The summed E-state index contributed by atoms with van der Waals surface area (Å²) in [7, 11) is 0. The molecular weight excluding hydrogens is 361 g/mol. The van der Waals surface area contributed by atoms with E-state index in [0.717, 1.165) is 0 Å². The van der Waals surface area contributed by atoms with Crippen LogP contribution in [0, 0.1) is 14.9 Å². The largest absolute Gasteiger partial charge is 0.507 e. The normalized spacial score (nSPS) is 9.50. The van der Waals surface area contributed by atoms with Crippen LogP contribution in [0.25, 0.3) is 0 Å². The number of hydrogen-bond acceptors (Lipinski definition) is 3. The minimum Gasteiger partial charge on any atom is -0.507 e. The first-order valence-electron chi connectivity index (χ1n) is 3.62. The zero-order valence-electron chi connectivity index (χ0n) is 6.92. The van der Waals surface area contributed by atoms with E-state index in [4.69, 9.17) is 5.26 Å². The van der Waals surface area contributed by atoms with Crippen LogP contribution in [0.2, 0.25) is 0 Å². The lowest BCUT2D eigenvalue weighted by Crippen LogP contribution is -2.01. The van der Waals surface area contributed by atoms with Crippen molar-refractivity contribution < 1.29 is 9.90 Å². The van der Waals surface area contributed by atoms with Crippen LogP contribution < -0.4 is 0 Å². The molecule has 0 heterocycles. The number of benzene rings is 1. The lowest BCUT2D eigenvalue weighted by atomic mass is 10.1. The Morgan fingerprint density at radius 3 is 2.79 bits per heavy atom. The number of alkyl halides is 1. The predicted octanol–water partition coefficient (Wildman–Crippen LogP) is 2.45. The first-order valence-corrected chi connectivity index (χ1v) is 5.82. The van der Waals surface area contributed by atoms with Gasteiger partial charge in [0, 0.05) is 3.57 Å². The molecular formula is C9H5BrINO2. The standard InChI is InChI=1S/C9H5BrINO2/c10-3-9(14)6-2-7(11)5(4-12)1-8(6)13/h1-2,13H,3H2. The Balaban J connectivity index is 3.30. The summed E-state index contributed by atoms with van der Waals surface area (Å²) < 4.78 is 0.659. The first kappa shape index (κ1) is 11.5. The van der Waals surface area contributed by atoms with E-state index in [-0.39, 0.29) is 22.4 Å². The van der Waals surface area contributed by atoms with Gasteiger partial charge in [-0.25, -0.2) is 0 Å². The van der Waals surface area contributed by atoms with E-state index < -0.39 is 0 Å². The molecule has 0 aliphatic rings. The maximum Gasteiger partial charge on any atom is 0.177 e. The van der Waals surface area contributed by atoms with Crippen molar-refractivity contribution in [3.05, 3.63) is 26.8 Å². The summed E-state index contributed by atoms with van der Waals surface area (Å²) in [5.41, 5.74) is 0.611. The van der Waals surface area contributed by atoms with Gasteiger partial charge in [-0.3, -0.25) is 4.79 Å². The van der Waals surface area contributed by atoms with Crippen molar-refractivity contribution in [3.63, 3.8) is 0 Å². The van der Waals surface area contributed by atoms with E-state index in [1.807, 2.05) is 28.7 Å². The zero-order valence-corrected chi connectivity index (χ0v) is 10.7. The molecule has 0 atom stereocenters. The van der Waals surface area contributed by atoms with Gasteiger partial charge in [0.15, 0.2) is 5.78 Å². The van der Waals surface area contributed by atoms with Crippen LogP contribution >= 0.6 is 38.5 Å². The number of phenolic OH excluding ortho intramolecular Hbond substituents is 1. The van der Waals surface area contributed by atoms with Crippen LogP contribution in [-0.4, -0.2) is 16.2 Å². The number of aromatic hydroxyl groups is 1. The number of nitriles is 1. The molecule has 1 rings (SSSR count). The maximum absolute atomic E-state index is 11.3. The molecule has 0 bridgehead atoms. The summed E-state index contributed by atoms with van der Waals surface area (Å²) in [6, 6.07) is 4.74. The molecule has 3 nitrogen and oxygen atoms in total. The zero-order chi connectivity index (χ0) is 10.7. The number of carbonyl (C=O) groups excluding carboxylic acids is 1. The van der Waals surface area contributed by atoms with Crippen molar-refractivity contribution in [1.29, 1.82) is 5.26 Å². The molecule has 0 amide bonds. The van der Waals surface area contributed by atoms with Gasteiger partial charge in [-0.05, 0) is 34.7 Å². The molecule has 14 heavy (non-hydrogen) atoms. The fourth-order valence-electron chi connectivity index (χ4n) is 0.943. The van der Waals surface area contributed by atoms with Gasteiger partial charge in [-0.1, -0.05) is 15.9 Å². The van der Waals surface area contributed by atoms with E-state index in [0.29, 0.717) is 9.13 Å². The summed E-state index contributed by atoms with van der Waals surface area (Å²) in [6.45, 7) is 0. The Hall–Kier alpha value is -0.610. The van der Waals surface area contributed by atoms with E-state index in [1.165, 1.54) is 12.1 Å². The number of ketones is 1. The second-order valence-corrected chi connectivity index (χ2v) is 4.24. The molecule has 0 aromatic heterocycles. The lowest BCUT2D eigenvalue weighted by molar-refractivity contribution is 0.102. The minimum absolute atomic E-state index is 0.147. The molecule has 0 saturated heterocycles. The summed E-state index contributed by atoms with van der Waals surface area (Å²) in [6.07, 6.45) is 0. The van der Waals surface area contributed by atoms with E-state index in [9.17, 15) is 9.90 Å². The van der Waals surface area contributed by atoms with Crippen LogP contribution in [0.1, 0.15) is 15.9 Å². The summed E-state index contributed by atoms with van der Waals surface area (Å²) in [5.74, 6) is -0.351. The average molecular weight is 366 g/mol. The smallest absolute Gasteiger partial charge is 0.177 e. The van der Waals surface area contributed by atoms with E-state index in [2.05, 4.69) is 15.9 Å². The molecule has 0 aliphatic heterocycles. The molecule has 1 aromatic rings. The molecule has 5 heteroatoms. The second-order valence-electron chi connectivity index (χ2n) is 2.52. The average Bonchev–Trinajstić information content (AvgIpc) is 2.19. The number of halogens is 2. The number of phenols is 1. The highest BCUT2D eigenvalue weighted by molar-refractivity contribution is 14.1. The summed E-state index contributed by atoms with van der Waals surface area (Å²) in [4.78, 5) is 11.3. The minimum atomic E-state index is -0.204. The monoisotopic (exact) mass is 365 g/mol. The van der Waals surface area contributed by atoms with Gasteiger partial charge in [0.2, 0.25) is 0 Å². The topological polar surface area (TPSA) is 61.1 Å². The molecule has 1 N–H and O–H groups in total. The quantitative estimate of drug-likeness (QED) is 0.497. The van der Waals surface area contributed by atoms with Crippen LogP contribution in [0.4, 0.5) is 0 Å². The number of nitrogens with zero attached hydrogens (tertiary/aromatic N) is 1. The molecule has 72 valence electrons. The van der Waals surface area contributed by atoms with Gasteiger partial charge in [-0.15, -0.1) is 0 Å². The van der Waals surface area contributed by atoms with Crippen LogP contribution in [0.5, 0.6) is 5.75 Å². The Morgan fingerprint density at radius 1 is 1.64 bits per heavy atom. The van der Waals surface area contributed by atoms with Gasteiger partial charge in [0.1, 0.15) is 11.8 Å². The SMILES string of the molecule is N#Cc1cc(O)c(C(=O)CBr)cc1I. The highest BCUT2D eigenvalue weighted by atomic mass is 127. The highest BCUT2D eigenvalue weighted by Gasteiger charge is 2.12. The van der Waals surface area contributed by atoms with E-state index >= 15 is 0 Å². The van der Waals surface area contributed by atoms with Gasteiger partial charge in [-0.2, -0.15) is 5.26 Å². The summed E-state index contributed by atoms with van der Waals surface area (Å²) in [5, 5.41) is 18.3.